The highest BCUT2D eigenvalue weighted by Crippen LogP contribution is 2.26. The van der Waals surface area contributed by atoms with E-state index < -0.39 is 14.1 Å². The minimum absolute atomic E-state index is 0.233. The third-order valence-corrected chi connectivity index (χ3v) is 4.96. The van der Waals surface area contributed by atoms with Gasteiger partial charge >= 0.3 is 8.03 Å². The summed E-state index contributed by atoms with van der Waals surface area (Å²) in [5.41, 5.74) is 1.83. The van der Waals surface area contributed by atoms with E-state index in [0.717, 1.165) is 11.1 Å². The minimum atomic E-state index is -2.09. The molecule has 2 atom stereocenters. The minimum Gasteiger partial charge on any atom is -0.349 e. The van der Waals surface area contributed by atoms with Crippen LogP contribution in [-0.4, -0.2) is 17.6 Å². The van der Waals surface area contributed by atoms with Crippen LogP contribution >= 0.6 is 8.03 Å². The number of nitrogens with one attached hydrogen (secondary N) is 1. The molecule has 5 heteroatoms. The molecule has 0 aliphatic carbocycles. The van der Waals surface area contributed by atoms with Gasteiger partial charge in [0.05, 0.1) is 0 Å². The van der Waals surface area contributed by atoms with Crippen molar-refractivity contribution in [3.63, 3.8) is 0 Å². The largest absolute Gasteiger partial charge is 0.549 e. The van der Waals surface area contributed by atoms with Crippen molar-refractivity contribution in [3.05, 3.63) is 65.7 Å². The Hall–Kier alpha value is -2.03. The summed E-state index contributed by atoms with van der Waals surface area (Å²) >= 11 is 0. The van der Waals surface area contributed by atoms with Crippen LogP contribution in [0.3, 0.4) is 0 Å². The Morgan fingerprint density at radius 1 is 1.08 bits per heavy atom. The summed E-state index contributed by atoms with van der Waals surface area (Å²) in [5, 5.41) is 3.53. The van der Waals surface area contributed by atoms with Gasteiger partial charge in [0.25, 0.3) is 5.91 Å². The van der Waals surface area contributed by atoms with Crippen LogP contribution in [0.5, 0.6) is 0 Å². The molecule has 2 aromatic rings. The fourth-order valence-electron chi connectivity index (χ4n) is 2.47. The Balaban J connectivity index is 2.09. The van der Waals surface area contributed by atoms with E-state index in [9.17, 15) is 9.36 Å². The lowest BCUT2D eigenvalue weighted by atomic mass is 10.0. The van der Waals surface area contributed by atoms with Crippen molar-refractivity contribution in [2.24, 2.45) is 0 Å². The highest BCUT2D eigenvalue weighted by molar-refractivity contribution is 7.48. The van der Waals surface area contributed by atoms with Crippen molar-refractivity contribution in [2.75, 3.05) is 0 Å². The van der Waals surface area contributed by atoms with E-state index in [1.54, 1.807) is 12.1 Å². The van der Waals surface area contributed by atoms with Crippen LogP contribution < -0.4 is 10.6 Å². The van der Waals surface area contributed by atoms with Crippen LogP contribution in [0.4, 0.5) is 0 Å². The maximum atomic E-state index is 12.6. The van der Waals surface area contributed by atoms with Gasteiger partial charge in [-0.25, -0.2) is 0 Å². The Kier molecular flexibility index (Phi) is 7.07. The van der Waals surface area contributed by atoms with Gasteiger partial charge in [-0.1, -0.05) is 48.0 Å². The van der Waals surface area contributed by atoms with Crippen molar-refractivity contribution in [1.82, 2.24) is 5.32 Å². The SMILES string of the molecule is Cc1ccc([P+](=O)OC(CCc2ccccc2)C(=O)NC(C)(C)C)cc1. The predicted octanol–water partition coefficient (Wildman–Crippen LogP) is 4.30. The number of hydrogen-bond donors (Lipinski definition) is 1. The molecule has 0 aliphatic rings. The molecule has 0 heterocycles. The normalized spacial score (nSPS) is 13.2. The van der Waals surface area contributed by atoms with Gasteiger partial charge in [0.15, 0.2) is 6.10 Å². The molecule has 2 rings (SSSR count). The Morgan fingerprint density at radius 3 is 2.27 bits per heavy atom. The van der Waals surface area contributed by atoms with Crippen LogP contribution in [0.1, 0.15) is 38.3 Å². The Bertz CT molecular complexity index is 736. The second-order valence-corrected chi connectivity index (χ2v) is 8.69. The Morgan fingerprint density at radius 2 is 1.69 bits per heavy atom. The molecule has 0 saturated carbocycles. The number of rotatable bonds is 7. The van der Waals surface area contributed by atoms with Crippen molar-refractivity contribution >= 4 is 19.2 Å². The summed E-state index contributed by atoms with van der Waals surface area (Å²) in [6.07, 6.45) is 0.387. The van der Waals surface area contributed by atoms with Gasteiger partial charge in [0.1, 0.15) is 0 Å². The quantitative estimate of drug-likeness (QED) is 0.738. The lowest BCUT2D eigenvalue weighted by Gasteiger charge is -2.22. The van der Waals surface area contributed by atoms with Crippen molar-refractivity contribution in [2.45, 2.75) is 52.2 Å². The van der Waals surface area contributed by atoms with Gasteiger partial charge in [-0.15, -0.1) is 4.52 Å². The number of carbonyl (C=O) groups is 1. The molecule has 2 unspecified atom stereocenters. The molecule has 0 fully saturated rings. The van der Waals surface area contributed by atoms with Crippen LogP contribution in [0.2, 0.25) is 0 Å². The highest BCUT2D eigenvalue weighted by Gasteiger charge is 2.33. The summed E-state index contributed by atoms with van der Waals surface area (Å²) in [7, 11) is -2.09. The third kappa shape index (κ3) is 6.70. The standard InChI is InChI=1S/C21H26NO3P/c1-16-10-13-18(14-11-16)26(24)25-19(20(23)22-21(2,3)4)15-12-17-8-6-5-7-9-17/h5-11,13-14,19H,12,15H2,1-4H3/p+1. The third-order valence-electron chi connectivity index (χ3n) is 3.80. The number of aryl methyl sites for hydroxylation is 2. The smallest absolute Gasteiger partial charge is 0.349 e. The average molecular weight is 372 g/mol. The van der Waals surface area contributed by atoms with E-state index in [1.165, 1.54) is 0 Å². The van der Waals surface area contributed by atoms with Crippen LogP contribution in [0, 0.1) is 6.92 Å². The van der Waals surface area contributed by atoms with Crippen molar-refractivity contribution < 1.29 is 13.9 Å². The van der Waals surface area contributed by atoms with E-state index in [4.69, 9.17) is 4.52 Å². The molecule has 0 aliphatic heterocycles. The molecular weight excluding hydrogens is 345 g/mol. The summed E-state index contributed by atoms with van der Waals surface area (Å²) < 4.78 is 18.3. The molecule has 0 saturated heterocycles. The van der Waals surface area contributed by atoms with E-state index in [0.29, 0.717) is 18.1 Å². The zero-order chi connectivity index (χ0) is 19.2. The van der Waals surface area contributed by atoms with Crippen LogP contribution in [0.15, 0.2) is 54.6 Å². The van der Waals surface area contributed by atoms with Gasteiger partial charge in [0, 0.05) is 5.54 Å². The fraction of sp³-hybridized carbons (Fsp3) is 0.381. The molecule has 4 nitrogen and oxygen atoms in total. The number of carbonyl (C=O) groups excluding carboxylic acids is 1. The maximum absolute atomic E-state index is 12.6. The van der Waals surface area contributed by atoms with Crippen LogP contribution in [-0.2, 0) is 20.3 Å². The second kappa shape index (κ2) is 9.07. The first-order valence-corrected chi connectivity index (χ1v) is 9.99. The molecule has 138 valence electrons. The van der Waals surface area contributed by atoms with Gasteiger partial charge in [-0.3, -0.25) is 4.79 Å². The molecule has 0 bridgehead atoms. The molecule has 2 aromatic carbocycles. The zero-order valence-corrected chi connectivity index (χ0v) is 16.8. The monoisotopic (exact) mass is 372 g/mol. The molecule has 1 amide bonds. The molecule has 0 radical (unpaired) electrons. The number of amides is 1. The highest BCUT2D eigenvalue weighted by atomic mass is 31.1. The van der Waals surface area contributed by atoms with E-state index in [1.807, 2.05) is 70.2 Å². The summed E-state index contributed by atoms with van der Waals surface area (Å²) in [5.74, 6) is -0.233. The second-order valence-electron chi connectivity index (χ2n) is 7.45. The van der Waals surface area contributed by atoms with Gasteiger partial charge < -0.3 is 5.32 Å². The first kappa shape index (κ1) is 20.3. The lowest BCUT2D eigenvalue weighted by Crippen LogP contribution is -2.46. The van der Waals surface area contributed by atoms with E-state index in [-0.39, 0.29) is 11.4 Å². The van der Waals surface area contributed by atoms with Gasteiger partial charge in [0.2, 0.25) is 5.30 Å². The van der Waals surface area contributed by atoms with Crippen LogP contribution in [0.25, 0.3) is 0 Å². The van der Waals surface area contributed by atoms with E-state index in [2.05, 4.69) is 5.32 Å². The molecule has 0 spiro atoms. The predicted molar refractivity (Wildman–Crippen MR) is 106 cm³/mol. The molecule has 0 aromatic heterocycles. The average Bonchev–Trinajstić information content (AvgIpc) is 2.58. The van der Waals surface area contributed by atoms with E-state index >= 15 is 0 Å². The Labute approximate surface area is 156 Å². The maximum Gasteiger partial charge on any atom is 0.549 e. The molecule has 26 heavy (non-hydrogen) atoms. The number of benzene rings is 2. The summed E-state index contributed by atoms with van der Waals surface area (Å²) in [6.45, 7) is 7.72. The molecule has 1 N–H and O–H groups in total. The fourth-order valence-corrected chi connectivity index (χ4v) is 3.41. The van der Waals surface area contributed by atoms with Gasteiger partial charge in [-0.2, -0.15) is 0 Å². The topological polar surface area (TPSA) is 55.4 Å². The summed E-state index contributed by atoms with van der Waals surface area (Å²) in [4.78, 5) is 12.6. The first-order chi connectivity index (χ1) is 12.2. The number of hydrogen-bond acceptors (Lipinski definition) is 3. The zero-order valence-electron chi connectivity index (χ0n) is 15.9. The first-order valence-electron chi connectivity index (χ1n) is 8.81. The summed E-state index contributed by atoms with van der Waals surface area (Å²) in [6, 6.07) is 17.3. The lowest BCUT2D eigenvalue weighted by molar-refractivity contribution is -0.129. The van der Waals surface area contributed by atoms with Crippen molar-refractivity contribution in [1.29, 1.82) is 0 Å². The van der Waals surface area contributed by atoms with Gasteiger partial charge in [-0.05, 0) is 62.8 Å². The van der Waals surface area contributed by atoms with Crippen molar-refractivity contribution in [3.8, 4) is 0 Å². The molecular formula is C21H27NO3P+.